The first kappa shape index (κ1) is 28.8. The van der Waals surface area contributed by atoms with Crippen molar-refractivity contribution in [2.75, 3.05) is 5.73 Å². The van der Waals surface area contributed by atoms with Crippen LogP contribution in [0.5, 0.6) is 0 Å². The van der Waals surface area contributed by atoms with E-state index < -0.39 is 29.9 Å². The number of nitrogens with two attached hydrogens (primary N) is 1. The van der Waals surface area contributed by atoms with Gasteiger partial charge in [-0.3, -0.25) is 0 Å². The average molecular weight is 557 g/mol. The van der Waals surface area contributed by atoms with Crippen LogP contribution >= 0.6 is 0 Å². The molecule has 0 fully saturated rings. The second-order valence-corrected chi connectivity index (χ2v) is 17.2. The van der Waals surface area contributed by atoms with Crippen molar-refractivity contribution in [2.45, 2.75) is 80.7 Å². The van der Waals surface area contributed by atoms with Gasteiger partial charge in [0.1, 0.15) is 6.61 Å². The van der Waals surface area contributed by atoms with Crippen molar-refractivity contribution in [3.05, 3.63) is 48.0 Å². The highest BCUT2D eigenvalue weighted by molar-refractivity contribution is 7.91. The standard InChI is InChI=1S/C24H31F3N4O4SSi/c1-14(2)37(15(3)4,16(5)6)34-13-21-30-31-23(35-21)22-20(28)11-19(12-29-22)36(32,33)18-9-7-17(8-10-18)24(25,26)27/h7-12,14-16H,13,28H2,1-6H3. The zero-order valence-corrected chi connectivity index (χ0v) is 23.3. The lowest BCUT2D eigenvalue weighted by Crippen LogP contribution is -2.47. The lowest BCUT2D eigenvalue weighted by Gasteiger charge is -2.41. The van der Waals surface area contributed by atoms with E-state index in [9.17, 15) is 21.6 Å². The fourth-order valence-corrected chi connectivity index (χ4v) is 11.5. The van der Waals surface area contributed by atoms with Crippen LogP contribution in [0.25, 0.3) is 11.6 Å². The molecule has 37 heavy (non-hydrogen) atoms. The van der Waals surface area contributed by atoms with Crippen LogP contribution in [0.4, 0.5) is 18.9 Å². The van der Waals surface area contributed by atoms with Crippen molar-refractivity contribution < 1.29 is 30.4 Å². The molecule has 3 aromatic rings. The van der Waals surface area contributed by atoms with Crippen LogP contribution < -0.4 is 5.73 Å². The van der Waals surface area contributed by atoms with Gasteiger partial charge in [-0.1, -0.05) is 41.5 Å². The largest absolute Gasteiger partial charge is 0.417 e. The highest BCUT2D eigenvalue weighted by Crippen LogP contribution is 2.42. The van der Waals surface area contributed by atoms with E-state index in [4.69, 9.17) is 14.6 Å². The highest BCUT2D eigenvalue weighted by Gasteiger charge is 2.45. The number of hydrogen-bond acceptors (Lipinski definition) is 8. The zero-order valence-electron chi connectivity index (χ0n) is 21.5. The predicted octanol–water partition coefficient (Wildman–Crippen LogP) is 6.26. The molecule has 0 saturated heterocycles. The number of anilines is 1. The summed E-state index contributed by atoms with van der Waals surface area (Å²) in [4.78, 5) is 3.49. The highest BCUT2D eigenvalue weighted by atomic mass is 32.2. The molecule has 13 heteroatoms. The number of sulfone groups is 1. The molecule has 2 heterocycles. The first-order chi connectivity index (χ1) is 17.1. The Labute approximate surface area is 215 Å². The number of nitrogen functional groups attached to an aromatic ring is 1. The fourth-order valence-electron chi connectivity index (χ4n) is 4.84. The van der Waals surface area contributed by atoms with Gasteiger partial charge in [0.2, 0.25) is 24.0 Å². The Hall–Kier alpha value is -2.77. The summed E-state index contributed by atoms with van der Waals surface area (Å²) in [6.07, 6.45) is -3.53. The summed E-state index contributed by atoms with van der Waals surface area (Å²) in [7, 11) is -6.32. The van der Waals surface area contributed by atoms with E-state index in [1.165, 1.54) is 0 Å². The summed E-state index contributed by atoms with van der Waals surface area (Å²) in [5.74, 6) is 0.247. The van der Waals surface area contributed by atoms with Crippen molar-refractivity contribution in [3.8, 4) is 11.6 Å². The smallest absolute Gasteiger partial charge is 0.416 e. The van der Waals surface area contributed by atoms with Gasteiger partial charge in [-0.25, -0.2) is 13.4 Å². The van der Waals surface area contributed by atoms with Crippen molar-refractivity contribution in [1.29, 1.82) is 0 Å². The Morgan fingerprint density at radius 1 is 0.973 bits per heavy atom. The maximum absolute atomic E-state index is 12.9. The summed E-state index contributed by atoms with van der Waals surface area (Å²) in [5, 5.41) is 8.02. The van der Waals surface area contributed by atoms with Crippen molar-refractivity contribution in [2.24, 2.45) is 0 Å². The molecule has 0 aliphatic heterocycles. The number of hydrogen-bond donors (Lipinski definition) is 1. The van der Waals surface area contributed by atoms with E-state index in [-0.39, 0.29) is 39.6 Å². The third-order valence-corrected chi connectivity index (χ3v) is 14.3. The molecule has 2 aromatic heterocycles. The number of aromatic nitrogens is 3. The van der Waals surface area contributed by atoms with Gasteiger partial charge in [0.15, 0.2) is 5.69 Å². The van der Waals surface area contributed by atoms with Crippen LogP contribution in [-0.4, -0.2) is 31.9 Å². The number of pyridine rings is 1. The number of halogens is 3. The lowest BCUT2D eigenvalue weighted by atomic mass is 10.2. The van der Waals surface area contributed by atoms with Crippen LogP contribution in [0.3, 0.4) is 0 Å². The van der Waals surface area contributed by atoms with Gasteiger partial charge < -0.3 is 14.6 Å². The molecule has 0 aliphatic carbocycles. The maximum Gasteiger partial charge on any atom is 0.416 e. The molecule has 3 rings (SSSR count). The van der Waals surface area contributed by atoms with E-state index in [1.807, 2.05) is 0 Å². The monoisotopic (exact) mass is 556 g/mol. The molecule has 8 nitrogen and oxygen atoms in total. The number of rotatable bonds is 9. The molecule has 0 atom stereocenters. The number of alkyl halides is 3. The van der Waals surface area contributed by atoms with Crippen LogP contribution in [0, 0.1) is 0 Å². The van der Waals surface area contributed by atoms with Crippen LogP contribution in [0.2, 0.25) is 16.6 Å². The summed E-state index contributed by atoms with van der Waals surface area (Å²) in [5.41, 5.74) is 6.25. The summed E-state index contributed by atoms with van der Waals surface area (Å²) < 4.78 is 76.4. The summed E-state index contributed by atoms with van der Waals surface area (Å²) in [6.45, 7) is 13.1. The molecule has 0 radical (unpaired) electrons. The summed E-state index contributed by atoms with van der Waals surface area (Å²) >= 11 is 0. The number of nitrogens with zero attached hydrogens (tertiary/aromatic N) is 3. The van der Waals surface area contributed by atoms with Gasteiger partial charge in [0.25, 0.3) is 5.89 Å². The molecule has 0 spiro atoms. The lowest BCUT2D eigenvalue weighted by molar-refractivity contribution is -0.137. The van der Waals surface area contributed by atoms with Crippen LogP contribution in [-0.2, 0) is 27.0 Å². The number of benzene rings is 1. The van der Waals surface area contributed by atoms with Gasteiger partial charge in [-0.05, 0) is 47.0 Å². The van der Waals surface area contributed by atoms with Gasteiger partial charge in [0, 0.05) is 6.20 Å². The summed E-state index contributed by atoms with van der Waals surface area (Å²) in [6, 6.07) is 4.34. The molecule has 202 valence electrons. The predicted molar refractivity (Wildman–Crippen MR) is 135 cm³/mol. The Morgan fingerprint density at radius 2 is 1.54 bits per heavy atom. The second kappa shape index (κ2) is 10.5. The zero-order chi connectivity index (χ0) is 27.8. The van der Waals surface area contributed by atoms with Gasteiger partial charge in [0.05, 0.1) is 21.0 Å². The van der Waals surface area contributed by atoms with E-state index in [2.05, 4.69) is 56.7 Å². The topological polar surface area (TPSA) is 121 Å². The minimum Gasteiger partial charge on any atom is -0.417 e. The molecule has 0 amide bonds. The van der Waals surface area contributed by atoms with Gasteiger partial charge in [-0.15, -0.1) is 10.2 Å². The van der Waals surface area contributed by atoms with Gasteiger partial charge >= 0.3 is 6.18 Å². The first-order valence-electron chi connectivity index (χ1n) is 11.7. The van der Waals surface area contributed by atoms with Crippen LogP contribution in [0.1, 0.15) is 53.0 Å². The Balaban J connectivity index is 1.83. The molecule has 2 N–H and O–H groups in total. The van der Waals surface area contributed by atoms with Crippen LogP contribution in [0.15, 0.2) is 50.7 Å². The third kappa shape index (κ3) is 5.73. The van der Waals surface area contributed by atoms with Gasteiger partial charge in [-0.2, -0.15) is 13.2 Å². The maximum atomic E-state index is 12.9. The quantitative estimate of drug-likeness (QED) is 0.307. The molecule has 0 unspecified atom stereocenters. The second-order valence-electron chi connectivity index (χ2n) is 9.74. The van der Waals surface area contributed by atoms with E-state index in [0.717, 1.165) is 24.4 Å². The molecular formula is C24H31F3N4O4SSi. The van der Waals surface area contributed by atoms with Crippen molar-refractivity contribution in [1.82, 2.24) is 15.2 Å². The Morgan fingerprint density at radius 3 is 2.03 bits per heavy atom. The van der Waals surface area contributed by atoms with Crippen molar-refractivity contribution >= 4 is 23.8 Å². The van der Waals surface area contributed by atoms with E-state index in [0.29, 0.717) is 28.8 Å². The van der Waals surface area contributed by atoms with E-state index in [1.54, 1.807) is 0 Å². The molecule has 1 aromatic carbocycles. The molecule has 0 aliphatic rings. The minimum absolute atomic E-state index is 0.000450. The normalized spacial score (nSPS) is 13.2. The minimum atomic E-state index is -4.58. The molecule has 0 saturated carbocycles. The van der Waals surface area contributed by atoms with E-state index >= 15 is 0 Å². The average Bonchev–Trinajstić information content (AvgIpc) is 3.27. The van der Waals surface area contributed by atoms with Crippen molar-refractivity contribution in [3.63, 3.8) is 0 Å². The Kier molecular flexibility index (Phi) is 8.20. The third-order valence-electron chi connectivity index (χ3n) is 6.52. The first-order valence-corrected chi connectivity index (χ1v) is 15.4. The molecule has 0 bridgehead atoms. The SMILES string of the molecule is CC(C)[Si](OCc1nnc(-c2ncc(S(=O)(=O)c3ccc(C(F)(F)F)cc3)cc2N)o1)(C(C)C)C(C)C. The molecular weight excluding hydrogens is 525 g/mol. The fraction of sp³-hybridized carbons (Fsp3) is 0.458. The Bertz CT molecular complexity index is 1320.